The normalized spacial score (nSPS) is 9.31. The Morgan fingerprint density at radius 2 is 1.46 bits per heavy atom. The van der Waals surface area contributed by atoms with Gasteiger partial charge in [-0.3, -0.25) is 0 Å². The Kier molecular flexibility index (Phi) is 17.3. The molecule has 13 heavy (non-hydrogen) atoms. The molecule has 0 aliphatic rings. The summed E-state index contributed by atoms with van der Waals surface area (Å²) < 4.78 is 0. The fraction of sp³-hybridized carbons (Fsp3) is 0.800. The zero-order chi connectivity index (χ0) is 10.2. The Labute approximate surface area is 133 Å². The molecule has 1 N–H and O–H groups in total. The molecule has 0 rings (SSSR count). The van der Waals surface area contributed by atoms with Gasteiger partial charge in [-0.25, -0.2) is 0 Å². The first-order chi connectivity index (χ1) is 5.36. The number of nitrogens with zero attached hydrogens (tertiary/aromatic N) is 1. The molecule has 0 fully saturated rings. The van der Waals surface area contributed by atoms with Crippen LogP contribution in [0.3, 0.4) is 0 Å². The second kappa shape index (κ2) is 11.4. The van der Waals surface area contributed by atoms with Gasteiger partial charge in [0, 0.05) is 0 Å². The molecule has 0 heterocycles. The van der Waals surface area contributed by atoms with Gasteiger partial charge in [-0.2, -0.15) is 13.1 Å². The molecule has 0 aliphatic carbocycles. The molecule has 74 valence electrons. The molecule has 0 saturated heterocycles. The zero-order valence-electron chi connectivity index (χ0n) is 10.1. The molecule has 0 aromatic heterocycles. The van der Waals surface area contributed by atoms with Crippen molar-refractivity contribution >= 4 is 5.71 Å². The molecule has 2 nitrogen and oxygen atoms in total. The van der Waals surface area contributed by atoms with E-state index in [1.54, 1.807) is 0 Å². The summed E-state index contributed by atoms with van der Waals surface area (Å²) in [6, 6.07) is 0. The summed E-state index contributed by atoms with van der Waals surface area (Å²) >= 11 is 0. The third-order valence-corrected chi connectivity index (χ3v) is 1.35. The Hall–Kier alpha value is 1.31. The SMILES string of the molecule is CC[N-]CC.[CH2-]C(=N)C(C)(C)C.[Rb+]. The summed E-state index contributed by atoms with van der Waals surface area (Å²) in [4.78, 5) is 0. The monoisotopic (exact) mass is 255 g/mol. The van der Waals surface area contributed by atoms with Crippen molar-refractivity contribution in [2.45, 2.75) is 34.6 Å². The van der Waals surface area contributed by atoms with E-state index in [4.69, 9.17) is 5.41 Å². The quantitative estimate of drug-likeness (QED) is 0.544. The van der Waals surface area contributed by atoms with E-state index in [2.05, 4.69) is 12.2 Å². The zero-order valence-corrected chi connectivity index (χ0v) is 15.0. The first-order valence-electron chi connectivity index (χ1n) is 4.40. The topological polar surface area (TPSA) is 38.0 Å². The van der Waals surface area contributed by atoms with Crippen LogP contribution < -0.4 is 58.2 Å². The van der Waals surface area contributed by atoms with Crippen molar-refractivity contribution in [2.75, 3.05) is 13.1 Å². The minimum atomic E-state index is -0.0278. The number of hydrogen-bond donors (Lipinski definition) is 1. The van der Waals surface area contributed by atoms with Gasteiger partial charge in [0.05, 0.1) is 0 Å². The van der Waals surface area contributed by atoms with Crippen LogP contribution in [0.5, 0.6) is 0 Å². The number of nitrogens with one attached hydrogen (secondary N) is 1. The summed E-state index contributed by atoms with van der Waals surface area (Å²) in [5.41, 5.74) is 0.465. The molecule has 3 heteroatoms. The molecule has 0 aromatic carbocycles. The van der Waals surface area contributed by atoms with E-state index in [1.807, 2.05) is 34.6 Å². The van der Waals surface area contributed by atoms with Gasteiger partial charge < -0.3 is 17.6 Å². The first kappa shape index (κ1) is 19.8. The van der Waals surface area contributed by atoms with Gasteiger partial charge in [0.2, 0.25) is 0 Å². The van der Waals surface area contributed by atoms with Crippen molar-refractivity contribution in [1.29, 1.82) is 5.41 Å². The van der Waals surface area contributed by atoms with Crippen LogP contribution in [0.2, 0.25) is 0 Å². The van der Waals surface area contributed by atoms with Gasteiger partial charge in [0.1, 0.15) is 0 Å². The molecular formula is C10H22N2Rb-. The Morgan fingerprint density at radius 3 is 1.46 bits per heavy atom. The Balaban J connectivity index is -0.000000150. The second-order valence-corrected chi connectivity index (χ2v) is 3.58. The molecule has 0 aliphatic heterocycles. The van der Waals surface area contributed by atoms with Crippen LogP contribution in [0.1, 0.15) is 34.6 Å². The van der Waals surface area contributed by atoms with E-state index < -0.39 is 0 Å². The average Bonchev–Trinajstić information content (AvgIpc) is 1.88. The van der Waals surface area contributed by atoms with Crippen LogP contribution in [0.25, 0.3) is 5.32 Å². The molecule has 0 bridgehead atoms. The van der Waals surface area contributed by atoms with E-state index in [0.717, 1.165) is 13.1 Å². The molecule has 0 saturated carbocycles. The molecule has 0 unspecified atom stereocenters. The van der Waals surface area contributed by atoms with Crippen LogP contribution in [-0.2, 0) is 0 Å². The summed E-state index contributed by atoms with van der Waals surface area (Å²) in [6.07, 6.45) is 0. The van der Waals surface area contributed by atoms with Crippen molar-refractivity contribution in [2.24, 2.45) is 5.41 Å². The van der Waals surface area contributed by atoms with Crippen molar-refractivity contribution in [3.05, 3.63) is 12.2 Å². The summed E-state index contributed by atoms with van der Waals surface area (Å²) in [5, 5.41) is 11.0. The first-order valence-corrected chi connectivity index (χ1v) is 4.40. The molecular weight excluding hydrogens is 234 g/mol. The maximum atomic E-state index is 7.03. The van der Waals surface area contributed by atoms with Crippen LogP contribution in [0.15, 0.2) is 0 Å². The smallest absolute Gasteiger partial charge is 0.663 e. The van der Waals surface area contributed by atoms with E-state index in [-0.39, 0.29) is 63.6 Å². The van der Waals surface area contributed by atoms with E-state index in [9.17, 15) is 0 Å². The molecule has 0 atom stereocenters. The summed E-state index contributed by atoms with van der Waals surface area (Å²) in [5.74, 6) is 0. The van der Waals surface area contributed by atoms with Crippen LogP contribution in [0, 0.1) is 17.7 Å². The molecule has 0 aromatic rings. The minimum absolute atomic E-state index is 0. The average molecular weight is 256 g/mol. The van der Waals surface area contributed by atoms with Gasteiger partial charge in [0.25, 0.3) is 0 Å². The molecule has 0 spiro atoms. The minimum Gasteiger partial charge on any atom is -0.663 e. The van der Waals surface area contributed by atoms with Crippen LogP contribution in [-0.4, -0.2) is 18.8 Å². The van der Waals surface area contributed by atoms with Crippen molar-refractivity contribution in [1.82, 2.24) is 0 Å². The fourth-order valence-electron chi connectivity index (χ4n) is 0.224. The predicted octanol–water partition coefficient (Wildman–Crippen LogP) is 0.290. The standard InChI is InChI=1S/C6H12N.C4H10N.Rb/c1-5(7)6(2,3)4;1-3-5-4-2;/h7H,1H2,2-4H3;3-4H2,1-2H3;/q2*-1;+1. The van der Waals surface area contributed by atoms with Crippen LogP contribution in [0.4, 0.5) is 0 Å². The van der Waals surface area contributed by atoms with E-state index in [0.29, 0.717) is 5.71 Å². The Bertz CT molecular complexity index is 115. The maximum Gasteiger partial charge on any atom is 1.00 e. The van der Waals surface area contributed by atoms with Crippen molar-refractivity contribution in [3.63, 3.8) is 0 Å². The third kappa shape index (κ3) is 19.6. The summed E-state index contributed by atoms with van der Waals surface area (Å²) in [7, 11) is 0. The van der Waals surface area contributed by atoms with E-state index in [1.165, 1.54) is 0 Å². The van der Waals surface area contributed by atoms with Gasteiger partial charge in [-0.05, 0) is 5.41 Å². The van der Waals surface area contributed by atoms with Gasteiger partial charge in [-0.15, -0.1) is 5.71 Å². The van der Waals surface area contributed by atoms with Gasteiger partial charge in [-0.1, -0.05) is 34.6 Å². The molecule has 0 radical (unpaired) electrons. The third-order valence-electron chi connectivity index (χ3n) is 1.35. The number of rotatable bonds is 2. The fourth-order valence-corrected chi connectivity index (χ4v) is 0.224. The number of hydrogen-bond acceptors (Lipinski definition) is 1. The summed E-state index contributed by atoms with van der Waals surface area (Å²) in [6.45, 7) is 15.4. The van der Waals surface area contributed by atoms with Gasteiger partial charge >= 0.3 is 58.2 Å². The predicted molar refractivity (Wildman–Crippen MR) is 57.0 cm³/mol. The maximum absolute atomic E-state index is 7.03. The largest absolute Gasteiger partial charge is 1.00 e. The van der Waals surface area contributed by atoms with Gasteiger partial charge in [0.15, 0.2) is 0 Å². The second-order valence-electron chi connectivity index (χ2n) is 3.58. The van der Waals surface area contributed by atoms with Crippen molar-refractivity contribution < 1.29 is 58.2 Å². The van der Waals surface area contributed by atoms with Crippen LogP contribution >= 0.6 is 0 Å². The van der Waals surface area contributed by atoms with E-state index >= 15 is 0 Å². The molecule has 0 amide bonds. The van der Waals surface area contributed by atoms with Crippen molar-refractivity contribution in [3.8, 4) is 0 Å². The Morgan fingerprint density at radius 1 is 1.23 bits per heavy atom.